The number of piperidine rings is 1. The largest absolute Gasteiger partial charge is 0.338 e. The normalized spacial score (nSPS) is 20.3. The summed E-state index contributed by atoms with van der Waals surface area (Å²) in [5, 5.41) is 0. The molecular weight excluding hydrogens is 292 g/mol. The highest BCUT2D eigenvalue weighted by Crippen LogP contribution is 2.12. The lowest BCUT2D eigenvalue weighted by molar-refractivity contribution is -0.127. The maximum Gasteiger partial charge on any atom is 0.246 e. The van der Waals surface area contributed by atoms with Crippen molar-refractivity contribution in [2.75, 3.05) is 13.1 Å². The van der Waals surface area contributed by atoms with Crippen LogP contribution in [0.5, 0.6) is 0 Å². The Morgan fingerprint density at radius 1 is 1.39 bits per heavy atom. The third-order valence-corrected chi connectivity index (χ3v) is 3.59. The first kappa shape index (κ1) is 13.3. The second kappa shape index (κ2) is 6.16. The molecule has 1 aromatic rings. The van der Waals surface area contributed by atoms with Crippen LogP contribution in [0.1, 0.15) is 18.4 Å². The van der Waals surface area contributed by atoms with Crippen molar-refractivity contribution < 1.29 is 4.79 Å². The quantitative estimate of drug-likeness (QED) is 0.853. The van der Waals surface area contributed by atoms with Crippen LogP contribution in [-0.4, -0.2) is 29.9 Å². The standard InChI is InChI=1S/C14H17BrN2O/c15-12-6-3-11(4-7-12)5-8-14(18)17-9-1-2-13(16)10-17/h3-8,13H,1-2,9-10,16H2. The molecule has 0 aliphatic carbocycles. The summed E-state index contributed by atoms with van der Waals surface area (Å²) < 4.78 is 1.04. The summed E-state index contributed by atoms with van der Waals surface area (Å²) in [6.07, 6.45) is 5.48. The first-order valence-corrected chi connectivity index (χ1v) is 6.92. The molecule has 1 fully saturated rings. The van der Waals surface area contributed by atoms with Gasteiger partial charge in [-0.3, -0.25) is 4.79 Å². The number of nitrogens with zero attached hydrogens (tertiary/aromatic N) is 1. The molecule has 0 radical (unpaired) electrons. The van der Waals surface area contributed by atoms with Gasteiger partial charge in [0.2, 0.25) is 5.91 Å². The lowest BCUT2D eigenvalue weighted by Crippen LogP contribution is -2.45. The van der Waals surface area contributed by atoms with E-state index >= 15 is 0 Å². The van der Waals surface area contributed by atoms with Gasteiger partial charge >= 0.3 is 0 Å². The molecule has 0 saturated carbocycles. The van der Waals surface area contributed by atoms with Crippen LogP contribution in [-0.2, 0) is 4.79 Å². The van der Waals surface area contributed by atoms with Crippen LogP contribution < -0.4 is 5.73 Å². The number of amides is 1. The van der Waals surface area contributed by atoms with Gasteiger partial charge in [0.05, 0.1) is 0 Å². The summed E-state index contributed by atoms with van der Waals surface area (Å²) in [6.45, 7) is 1.49. The molecule has 1 unspecified atom stereocenters. The number of likely N-dealkylation sites (tertiary alicyclic amines) is 1. The third-order valence-electron chi connectivity index (χ3n) is 3.06. The minimum atomic E-state index is 0.0491. The predicted octanol–water partition coefficient (Wildman–Crippen LogP) is 2.41. The number of benzene rings is 1. The van der Waals surface area contributed by atoms with Crippen molar-refractivity contribution in [1.29, 1.82) is 0 Å². The van der Waals surface area contributed by atoms with Crippen molar-refractivity contribution >= 4 is 27.9 Å². The van der Waals surface area contributed by atoms with Gasteiger partial charge in [-0.1, -0.05) is 28.1 Å². The fourth-order valence-electron chi connectivity index (χ4n) is 2.06. The minimum absolute atomic E-state index is 0.0491. The molecule has 0 bridgehead atoms. The average molecular weight is 309 g/mol. The Kier molecular flexibility index (Phi) is 4.55. The number of nitrogens with two attached hydrogens (primary N) is 1. The van der Waals surface area contributed by atoms with Gasteiger partial charge in [0, 0.05) is 29.7 Å². The topological polar surface area (TPSA) is 46.3 Å². The van der Waals surface area contributed by atoms with Crippen molar-refractivity contribution in [3.8, 4) is 0 Å². The molecule has 0 spiro atoms. The zero-order chi connectivity index (χ0) is 13.0. The van der Waals surface area contributed by atoms with E-state index in [1.165, 1.54) is 0 Å². The second-order valence-corrected chi connectivity index (χ2v) is 5.49. The van der Waals surface area contributed by atoms with E-state index in [0.717, 1.165) is 29.4 Å². The Balaban J connectivity index is 1.96. The second-order valence-electron chi connectivity index (χ2n) is 4.57. The Labute approximate surface area is 116 Å². The van der Waals surface area contributed by atoms with Crippen LogP contribution in [0.3, 0.4) is 0 Å². The van der Waals surface area contributed by atoms with E-state index in [-0.39, 0.29) is 11.9 Å². The van der Waals surface area contributed by atoms with Crippen LogP contribution in [0, 0.1) is 0 Å². The molecule has 18 heavy (non-hydrogen) atoms. The molecule has 4 heteroatoms. The van der Waals surface area contributed by atoms with E-state index in [9.17, 15) is 4.79 Å². The maximum atomic E-state index is 12.0. The molecule has 2 N–H and O–H groups in total. The van der Waals surface area contributed by atoms with Gasteiger partial charge in [-0.2, -0.15) is 0 Å². The molecule has 1 aliphatic rings. The van der Waals surface area contributed by atoms with Gasteiger partial charge in [-0.15, -0.1) is 0 Å². The average Bonchev–Trinajstić information content (AvgIpc) is 2.38. The SMILES string of the molecule is NC1CCCN(C(=O)C=Cc2ccc(Br)cc2)C1. The van der Waals surface area contributed by atoms with E-state index in [1.807, 2.05) is 35.2 Å². The molecule has 1 aliphatic heterocycles. The molecule has 2 rings (SSSR count). The molecule has 1 heterocycles. The van der Waals surface area contributed by atoms with Crippen molar-refractivity contribution in [3.63, 3.8) is 0 Å². The highest BCUT2D eigenvalue weighted by molar-refractivity contribution is 9.10. The Hall–Kier alpha value is -1.13. The number of hydrogen-bond donors (Lipinski definition) is 1. The predicted molar refractivity (Wildman–Crippen MR) is 77.0 cm³/mol. The highest BCUT2D eigenvalue weighted by Gasteiger charge is 2.19. The fraction of sp³-hybridized carbons (Fsp3) is 0.357. The number of hydrogen-bond acceptors (Lipinski definition) is 2. The van der Waals surface area contributed by atoms with E-state index in [4.69, 9.17) is 5.73 Å². The monoisotopic (exact) mass is 308 g/mol. The Bertz CT molecular complexity index is 442. The van der Waals surface area contributed by atoms with Crippen LogP contribution in [0.2, 0.25) is 0 Å². The van der Waals surface area contributed by atoms with Gasteiger partial charge in [0.15, 0.2) is 0 Å². The van der Waals surface area contributed by atoms with E-state index in [2.05, 4.69) is 15.9 Å². The third kappa shape index (κ3) is 3.68. The summed E-state index contributed by atoms with van der Waals surface area (Å²) in [4.78, 5) is 13.8. The van der Waals surface area contributed by atoms with Gasteiger partial charge in [0.1, 0.15) is 0 Å². The van der Waals surface area contributed by atoms with Crippen molar-refractivity contribution in [3.05, 3.63) is 40.4 Å². The van der Waals surface area contributed by atoms with Crippen LogP contribution in [0.15, 0.2) is 34.8 Å². The van der Waals surface area contributed by atoms with Crippen LogP contribution in [0.25, 0.3) is 6.08 Å². The van der Waals surface area contributed by atoms with Crippen LogP contribution in [0.4, 0.5) is 0 Å². The van der Waals surface area contributed by atoms with E-state index in [1.54, 1.807) is 6.08 Å². The van der Waals surface area contributed by atoms with Crippen molar-refractivity contribution in [1.82, 2.24) is 4.90 Å². The van der Waals surface area contributed by atoms with Gasteiger partial charge in [0.25, 0.3) is 0 Å². The minimum Gasteiger partial charge on any atom is -0.338 e. The molecule has 1 saturated heterocycles. The van der Waals surface area contributed by atoms with Gasteiger partial charge in [-0.25, -0.2) is 0 Å². The number of rotatable bonds is 2. The molecule has 1 amide bonds. The zero-order valence-electron chi connectivity index (χ0n) is 10.2. The summed E-state index contributed by atoms with van der Waals surface area (Å²) in [5.41, 5.74) is 6.88. The molecule has 96 valence electrons. The van der Waals surface area contributed by atoms with E-state index in [0.29, 0.717) is 6.54 Å². The Morgan fingerprint density at radius 2 is 2.11 bits per heavy atom. The maximum absolute atomic E-state index is 12.0. The first-order chi connectivity index (χ1) is 8.65. The van der Waals surface area contributed by atoms with Gasteiger partial charge in [-0.05, 0) is 36.6 Å². The van der Waals surface area contributed by atoms with Crippen molar-refractivity contribution in [2.24, 2.45) is 5.73 Å². The molecule has 3 nitrogen and oxygen atoms in total. The first-order valence-electron chi connectivity index (χ1n) is 6.13. The van der Waals surface area contributed by atoms with Gasteiger partial charge < -0.3 is 10.6 Å². The number of carbonyl (C=O) groups is 1. The highest BCUT2D eigenvalue weighted by atomic mass is 79.9. The summed E-state index contributed by atoms with van der Waals surface area (Å²) in [5.74, 6) is 0.0491. The van der Waals surface area contributed by atoms with Crippen LogP contribution >= 0.6 is 15.9 Å². The smallest absolute Gasteiger partial charge is 0.246 e. The van der Waals surface area contributed by atoms with Crippen molar-refractivity contribution in [2.45, 2.75) is 18.9 Å². The fourth-order valence-corrected chi connectivity index (χ4v) is 2.32. The summed E-state index contributed by atoms with van der Waals surface area (Å²) in [7, 11) is 0. The lowest BCUT2D eigenvalue weighted by atomic mass is 10.1. The summed E-state index contributed by atoms with van der Waals surface area (Å²) in [6, 6.07) is 7.98. The molecule has 0 aromatic heterocycles. The Morgan fingerprint density at radius 3 is 2.78 bits per heavy atom. The number of halogens is 1. The molecule has 1 aromatic carbocycles. The molecule has 1 atom stereocenters. The zero-order valence-corrected chi connectivity index (χ0v) is 11.8. The molecular formula is C14H17BrN2O. The lowest BCUT2D eigenvalue weighted by Gasteiger charge is -2.29. The number of carbonyl (C=O) groups excluding carboxylic acids is 1. The summed E-state index contributed by atoms with van der Waals surface area (Å²) >= 11 is 3.38. The van der Waals surface area contributed by atoms with E-state index < -0.39 is 0 Å².